The first-order valence-corrected chi connectivity index (χ1v) is 3.88. The van der Waals surface area contributed by atoms with Crippen molar-refractivity contribution in [2.75, 3.05) is 0 Å². The zero-order valence-electron chi connectivity index (χ0n) is 5.13. The molecule has 6 nitrogen and oxygen atoms in total. The van der Waals surface area contributed by atoms with Gasteiger partial charge in [-0.1, -0.05) is 0 Å². The molecule has 0 aliphatic heterocycles. The minimum Gasteiger partial charge on any atom is -0.479 e. The summed E-state index contributed by atoms with van der Waals surface area (Å²) >= 11 is 0. The molecule has 0 aromatic rings. The summed E-state index contributed by atoms with van der Waals surface area (Å²) in [5.41, 5.74) is 0. The van der Waals surface area contributed by atoms with Crippen molar-refractivity contribution in [2.24, 2.45) is 0 Å². The van der Waals surface area contributed by atoms with E-state index in [-0.39, 0.29) is 0 Å². The quantitative estimate of drug-likeness (QED) is 0.411. The smallest absolute Gasteiger partial charge is 0.479 e. The zero-order chi connectivity index (χ0) is 8.36. The normalized spacial score (nSPS) is 14.8. The van der Waals surface area contributed by atoms with E-state index < -0.39 is 20.2 Å². The molecule has 0 fully saturated rings. The van der Waals surface area contributed by atoms with Gasteiger partial charge in [-0.3, -0.25) is 0 Å². The largest absolute Gasteiger partial charge is 0.568 e. The summed E-state index contributed by atoms with van der Waals surface area (Å²) in [6, 6.07) is 0. The highest BCUT2D eigenvalue weighted by Crippen LogP contribution is 2.46. The molecule has 0 aliphatic rings. The Morgan fingerprint density at radius 1 is 1.50 bits per heavy atom. The van der Waals surface area contributed by atoms with Crippen LogP contribution in [0.25, 0.3) is 0 Å². The summed E-state index contributed by atoms with van der Waals surface area (Å²) in [5, 5.41) is 8.10. The number of aliphatic carboxylic acids is 1. The van der Waals surface area contributed by atoms with Crippen LogP contribution in [-0.4, -0.2) is 31.9 Å². The molecule has 0 amide bonds. The number of hydrogen-bond acceptors (Lipinski definition) is 5. The van der Waals surface area contributed by atoms with Crippen molar-refractivity contribution < 1.29 is 29.1 Å². The van der Waals surface area contributed by atoms with Crippen LogP contribution < -0.4 is 0 Å². The van der Waals surface area contributed by atoms with Gasteiger partial charge in [0.25, 0.3) is 0 Å². The van der Waals surface area contributed by atoms with Crippen molar-refractivity contribution in [2.45, 2.75) is 13.0 Å². The van der Waals surface area contributed by atoms with E-state index in [4.69, 9.17) is 19.8 Å². The van der Waals surface area contributed by atoms with Crippen molar-refractivity contribution >= 4 is 14.1 Å². The molecule has 0 spiro atoms. The molecule has 0 saturated carbocycles. The minimum atomic E-state index is -4.41. The van der Waals surface area contributed by atoms with E-state index in [1.54, 1.807) is 0 Å². The van der Waals surface area contributed by atoms with Crippen molar-refractivity contribution in [3.63, 3.8) is 0 Å². The molecular formula is C3H8O6P+. The van der Waals surface area contributed by atoms with Gasteiger partial charge in [-0.2, -0.15) is 14.7 Å². The molecule has 60 valence electrons. The van der Waals surface area contributed by atoms with Crippen LogP contribution in [0, 0.1) is 0 Å². The topological polar surface area (TPSA) is 107 Å². The molecule has 0 bridgehead atoms. The number of carboxylic acids is 1. The summed E-state index contributed by atoms with van der Waals surface area (Å²) < 4.78 is 3.88. The Morgan fingerprint density at radius 2 is 1.90 bits per heavy atom. The van der Waals surface area contributed by atoms with Gasteiger partial charge in [0, 0.05) is 0 Å². The van der Waals surface area contributed by atoms with E-state index in [0.29, 0.717) is 0 Å². The number of carbonyl (C=O) groups is 1. The lowest BCUT2D eigenvalue weighted by Gasteiger charge is -2.05. The molecule has 10 heavy (non-hydrogen) atoms. The van der Waals surface area contributed by atoms with Crippen LogP contribution >= 0.6 is 8.17 Å². The second-order valence-corrected chi connectivity index (χ2v) is 2.84. The Labute approximate surface area is 57.4 Å². The van der Waals surface area contributed by atoms with E-state index in [0.717, 1.165) is 6.92 Å². The van der Waals surface area contributed by atoms with E-state index in [1.807, 2.05) is 0 Å². The maximum absolute atomic E-state index is 9.94. The van der Waals surface area contributed by atoms with Gasteiger partial charge in [-0.25, -0.2) is 4.79 Å². The predicted molar refractivity (Wildman–Crippen MR) is 31.8 cm³/mol. The van der Waals surface area contributed by atoms with Crippen molar-refractivity contribution in [3.05, 3.63) is 0 Å². The maximum atomic E-state index is 9.94. The van der Waals surface area contributed by atoms with E-state index >= 15 is 0 Å². The molecule has 0 rings (SSSR count). The molecule has 0 saturated heterocycles. The minimum absolute atomic E-state index is 1.07. The van der Waals surface area contributed by atoms with Gasteiger partial charge in [0.15, 0.2) is 0 Å². The van der Waals surface area contributed by atoms with Crippen molar-refractivity contribution in [1.82, 2.24) is 0 Å². The highest BCUT2D eigenvalue weighted by molar-refractivity contribution is 7.53. The summed E-state index contributed by atoms with van der Waals surface area (Å²) in [4.78, 5) is 34.5. The number of rotatable bonds is 3. The van der Waals surface area contributed by atoms with Gasteiger partial charge in [0.05, 0.1) is 0 Å². The fourth-order valence-corrected chi connectivity index (χ4v) is 0.772. The summed E-state index contributed by atoms with van der Waals surface area (Å²) in [5.74, 6) is -1.37. The van der Waals surface area contributed by atoms with Crippen molar-refractivity contribution in [1.29, 1.82) is 0 Å². The molecular weight excluding hydrogens is 163 g/mol. The first-order chi connectivity index (χ1) is 4.33. The van der Waals surface area contributed by atoms with Gasteiger partial charge in [0.1, 0.15) is 0 Å². The second-order valence-electron chi connectivity index (χ2n) is 1.60. The first-order valence-electron chi connectivity index (χ1n) is 2.31. The van der Waals surface area contributed by atoms with Crippen LogP contribution in [0.2, 0.25) is 0 Å². The van der Waals surface area contributed by atoms with Crippen LogP contribution in [0.3, 0.4) is 0 Å². The van der Waals surface area contributed by atoms with Gasteiger partial charge in [-0.15, -0.1) is 4.52 Å². The summed E-state index contributed by atoms with van der Waals surface area (Å²) in [6.45, 7) is 1.07. The molecule has 1 atom stereocenters. The lowest BCUT2D eigenvalue weighted by molar-refractivity contribution is -0.145. The molecule has 0 radical (unpaired) electrons. The van der Waals surface area contributed by atoms with Crippen LogP contribution in [0.5, 0.6) is 0 Å². The molecule has 0 aromatic heterocycles. The molecule has 0 aromatic carbocycles. The number of carboxylic acid groups (broad SMARTS) is 1. The Morgan fingerprint density at radius 3 is 2.00 bits per heavy atom. The summed E-state index contributed by atoms with van der Waals surface area (Å²) in [6.07, 6.45) is -1.42. The fraction of sp³-hybridized carbons (Fsp3) is 0.667. The number of hydrogen-bond donors (Lipinski definition) is 4. The van der Waals surface area contributed by atoms with Gasteiger partial charge < -0.3 is 5.11 Å². The molecule has 7 heteroatoms. The SMILES string of the molecule is C[C@H](O[P+](O)(O)O)C(=O)O. The van der Waals surface area contributed by atoms with Gasteiger partial charge in [-0.05, 0) is 6.92 Å². The van der Waals surface area contributed by atoms with E-state index in [9.17, 15) is 4.79 Å². The van der Waals surface area contributed by atoms with Crippen molar-refractivity contribution in [3.8, 4) is 0 Å². The Bertz CT molecular complexity index is 127. The molecule has 0 heterocycles. The maximum Gasteiger partial charge on any atom is 0.568 e. The van der Waals surface area contributed by atoms with Gasteiger partial charge >= 0.3 is 14.1 Å². The third-order valence-electron chi connectivity index (χ3n) is 0.647. The van der Waals surface area contributed by atoms with Crippen LogP contribution in [0.4, 0.5) is 0 Å². The Balaban J connectivity index is 3.80. The third kappa shape index (κ3) is 4.60. The highest BCUT2D eigenvalue weighted by atomic mass is 31.2. The average molecular weight is 171 g/mol. The second kappa shape index (κ2) is 3.23. The Hall–Kier alpha value is -0.260. The first kappa shape index (κ1) is 9.74. The molecule has 0 aliphatic carbocycles. The van der Waals surface area contributed by atoms with Crippen LogP contribution in [0.15, 0.2) is 0 Å². The predicted octanol–water partition coefficient (Wildman–Crippen LogP) is -0.869. The monoisotopic (exact) mass is 171 g/mol. The molecule has 0 unspecified atom stereocenters. The lowest BCUT2D eigenvalue weighted by Crippen LogP contribution is -2.19. The van der Waals surface area contributed by atoms with Crippen LogP contribution in [0.1, 0.15) is 6.92 Å². The highest BCUT2D eigenvalue weighted by Gasteiger charge is 2.38. The standard InChI is InChI=1S/C3H7O6P/c1-2(3(4)5)9-10(6,7)8/h2,6-8H,1H3/p+1/t2-/m0/s1. The Kier molecular flexibility index (Phi) is 3.14. The van der Waals surface area contributed by atoms with Crippen LogP contribution in [-0.2, 0) is 9.32 Å². The van der Waals surface area contributed by atoms with Gasteiger partial charge in [0.2, 0.25) is 6.10 Å². The summed E-state index contributed by atoms with van der Waals surface area (Å²) in [7, 11) is -4.41. The fourth-order valence-electron chi connectivity index (χ4n) is 0.257. The zero-order valence-corrected chi connectivity index (χ0v) is 6.02. The molecule has 4 N–H and O–H groups in total. The average Bonchev–Trinajstić information content (AvgIpc) is 1.60. The van der Waals surface area contributed by atoms with E-state index in [1.165, 1.54) is 0 Å². The van der Waals surface area contributed by atoms with E-state index in [2.05, 4.69) is 4.52 Å². The third-order valence-corrected chi connectivity index (χ3v) is 1.25. The lowest BCUT2D eigenvalue weighted by atomic mass is 10.4.